The molecule has 1 atom stereocenters. The van der Waals surface area contributed by atoms with E-state index in [2.05, 4.69) is 4.98 Å². The van der Waals surface area contributed by atoms with Gasteiger partial charge in [-0.2, -0.15) is 0 Å². The molecule has 0 radical (unpaired) electrons. The molecule has 0 spiro atoms. The number of amides is 1. The predicted octanol–water partition coefficient (Wildman–Crippen LogP) is 4.38. The summed E-state index contributed by atoms with van der Waals surface area (Å²) in [7, 11) is 1.46. The molecular weight excluding hydrogens is 432 g/mol. The lowest BCUT2D eigenvalue weighted by atomic mass is 9.95. The summed E-state index contributed by atoms with van der Waals surface area (Å²) in [6.07, 6.45) is 3.05. The van der Waals surface area contributed by atoms with Crippen LogP contribution in [0.4, 0.5) is 5.69 Å². The van der Waals surface area contributed by atoms with Gasteiger partial charge in [-0.3, -0.25) is 19.5 Å². The molecule has 2 heterocycles. The van der Waals surface area contributed by atoms with Crippen molar-refractivity contribution in [2.75, 3.05) is 12.0 Å². The lowest BCUT2D eigenvalue weighted by molar-refractivity contribution is -0.132. The number of benzene rings is 2. The summed E-state index contributed by atoms with van der Waals surface area (Å²) >= 11 is 6.20. The Labute approximate surface area is 189 Å². The van der Waals surface area contributed by atoms with Crippen molar-refractivity contribution in [3.63, 3.8) is 0 Å². The number of ether oxygens (including phenoxy) is 1. The zero-order chi connectivity index (χ0) is 23.0. The van der Waals surface area contributed by atoms with Crippen LogP contribution >= 0.6 is 11.6 Å². The smallest absolute Gasteiger partial charge is 0.300 e. The number of Topliss-reactive ketones (excluding diaryl/α,β-unsaturated/α-hetero) is 1. The van der Waals surface area contributed by atoms with E-state index in [1.54, 1.807) is 43.3 Å². The van der Waals surface area contributed by atoms with E-state index >= 15 is 0 Å². The van der Waals surface area contributed by atoms with Crippen molar-refractivity contribution in [2.45, 2.75) is 13.0 Å². The van der Waals surface area contributed by atoms with Crippen LogP contribution in [0.5, 0.6) is 11.5 Å². The molecule has 1 aromatic heterocycles. The van der Waals surface area contributed by atoms with Gasteiger partial charge in [0.2, 0.25) is 0 Å². The van der Waals surface area contributed by atoms with Crippen LogP contribution < -0.4 is 9.64 Å². The largest absolute Gasteiger partial charge is 0.507 e. The molecule has 0 aliphatic carbocycles. The number of aliphatic hydroxyl groups is 1. The van der Waals surface area contributed by atoms with Gasteiger partial charge in [-0.05, 0) is 60.5 Å². The first-order chi connectivity index (χ1) is 15.3. The number of rotatable bonds is 4. The van der Waals surface area contributed by atoms with E-state index in [0.29, 0.717) is 11.3 Å². The summed E-state index contributed by atoms with van der Waals surface area (Å²) in [6, 6.07) is 11.6. The highest BCUT2D eigenvalue weighted by Crippen LogP contribution is 2.45. The molecular formula is C24H19ClN2O5. The van der Waals surface area contributed by atoms with Gasteiger partial charge in [0.05, 0.1) is 29.4 Å². The number of hydrogen-bond acceptors (Lipinski definition) is 6. The summed E-state index contributed by atoms with van der Waals surface area (Å²) in [5.41, 5.74) is 1.63. The molecule has 1 amide bonds. The lowest BCUT2D eigenvalue weighted by Crippen LogP contribution is -2.29. The van der Waals surface area contributed by atoms with Gasteiger partial charge in [0.1, 0.15) is 17.3 Å². The molecule has 1 saturated heterocycles. The zero-order valence-corrected chi connectivity index (χ0v) is 18.0. The Morgan fingerprint density at radius 2 is 1.81 bits per heavy atom. The van der Waals surface area contributed by atoms with Gasteiger partial charge in [0.15, 0.2) is 0 Å². The molecule has 3 aromatic rings. The average Bonchev–Trinajstić information content (AvgIpc) is 3.06. The van der Waals surface area contributed by atoms with E-state index in [-0.39, 0.29) is 33.4 Å². The molecule has 162 valence electrons. The minimum atomic E-state index is -0.980. The van der Waals surface area contributed by atoms with Gasteiger partial charge in [0.25, 0.3) is 11.7 Å². The fraction of sp³-hybridized carbons (Fsp3) is 0.125. The number of aromatic hydroxyl groups is 1. The van der Waals surface area contributed by atoms with Gasteiger partial charge in [-0.15, -0.1) is 0 Å². The van der Waals surface area contributed by atoms with Crippen LogP contribution in [0.15, 0.2) is 66.5 Å². The van der Waals surface area contributed by atoms with E-state index < -0.39 is 17.7 Å². The summed E-state index contributed by atoms with van der Waals surface area (Å²) in [5, 5.41) is 21.8. The van der Waals surface area contributed by atoms with Crippen molar-refractivity contribution < 1.29 is 24.5 Å². The first kappa shape index (κ1) is 21.4. The van der Waals surface area contributed by atoms with Crippen LogP contribution in [0.1, 0.15) is 22.7 Å². The lowest BCUT2D eigenvalue weighted by Gasteiger charge is -2.26. The number of aromatic nitrogens is 1. The third kappa shape index (κ3) is 3.56. The molecule has 1 aliphatic rings. The van der Waals surface area contributed by atoms with Crippen LogP contribution in [0.2, 0.25) is 5.02 Å². The number of aliphatic hydroxyl groups excluding tert-OH is 1. The molecule has 32 heavy (non-hydrogen) atoms. The average molecular weight is 451 g/mol. The van der Waals surface area contributed by atoms with E-state index in [4.69, 9.17) is 16.3 Å². The van der Waals surface area contributed by atoms with E-state index in [9.17, 15) is 19.8 Å². The summed E-state index contributed by atoms with van der Waals surface area (Å²) in [5.74, 6) is -1.89. The number of ketones is 1. The van der Waals surface area contributed by atoms with Crippen LogP contribution in [0.3, 0.4) is 0 Å². The second kappa shape index (κ2) is 8.36. The number of halogens is 1. The van der Waals surface area contributed by atoms with Gasteiger partial charge < -0.3 is 14.9 Å². The third-order valence-corrected chi connectivity index (χ3v) is 5.58. The molecule has 7 nitrogen and oxygen atoms in total. The Hall–Kier alpha value is -3.84. The summed E-state index contributed by atoms with van der Waals surface area (Å²) in [4.78, 5) is 31.4. The molecule has 1 fully saturated rings. The molecule has 1 aliphatic heterocycles. The van der Waals surface area contributed by atoms with Crippen LogP contribution in [-0.2, 0) is 9.59 Å². The van der Waals surface area contributed by atoms with Crippen LogP contribution in [0.25, 0.3) is 5.76 Å². The second-order valence-electron chi connectivity index (χ2n) is 7.29. The van der Waals surface area contributed by atoms with Crippen molar-refractivity contribution in [1.29, 1.82) is 0 Å². The second-order valence-corrected chi connectivity index (χ2v) is 7.70. The maximum Gasteiger partial charge on any atom is 0.300 e. The quantitative estimate of drug-likeness (QED) is 0.347. The Morgan fingerprint density at radius 1 is 1.09 bits per heavy atom. The highest BCUT2D eigenvalue weighted by atomic mass is 35.5. The number of phenols is 1. The monoisotopic (exact) mass is 450 g/mol. The van der Waals surface area contributed by atoms with Crippen molar-refractivity contribution in [3.8, 4) is 11.5 Å². The molecule has 2 N–H and O–H groups in total. The minimum Gasteiger partial charge on any atom is -0.507 e. The number of pyridine rings is 1. The van der Waals surface area contributed by atoms with Crippen LogP contribution in [-0.4, -0.2) is 34.0 Å². The Balaban J connectivity index is 1.96. The van der Waals surface area contributed by atoms with Crippen molar-refractivity contribution >= 4 is 34.7 Å². The highest BCUT2D eigenvalue weighted by Gasteiger charge is 2.47. The molecule has 8 heteroatoms. The van der Waals surface area contributed by atoms with Crippen molar-refractivity contribution in [1.82, 2.24) is 4.98 Å². The number of carbonyl (C=O) groups is 2. The number of phenolic OH excluding ortho intramolecular Hbond substituents is 1. The Kier molecular flexibility index (Phi) is 5.59. The first-order valence-corrected chi connectivity index (χ1v) is 10.1. The number of nitrogens with zero attached hydrogens (tertiary/aromatic N) is 2. The summed E-state index contributed by atoms with van der Waals surface area (Å²) in [6.45, 7) is 1.81. The van der Waals surface area contributed by atoms with Crippen molar-refractivity contribution in [2.24, 2.45) is 0 Å². The Bertz CT molecular complexity index is 1260. The van der Waals surface area contributed by atoms with Gasteiger partial charge in [-0.25, -0.2) is 0 Å². The molecule has 0 saturated carbocycles. The van der Waals surface area contributed by atoms with Gasteiger partial charge in [-0.1, -0.05) is 17.7 Å². The van der Waals surface area contributed by atoms with Gasteiger partial charge >= 0.3 is 0 Å². The fourth-order valence-electron chi connectivity index (χ4n) is 3.74. The molecule has 0 bridgehead atoms. The maximum atomic E-state index is 13.1. The number of aryl methyl sites for hydroxylation is 1. The number of hydrogen-bond donors (Lipinski definition) is 2. The fourth-order valence-corrected chi connectivity index (χ4v) is 4.00. The van der Waals surface area contributed by atoms with Gasteiger partial charge in [0, 0.05) is 18.0 Å². The molecule has 2 aromatic carbocycles. The zero-order valence-electron chi connectivity index (χ0n) is 17.2. The van der Waals surface area contributed by atoms with Crippen LogP contribution in [0, 0.1) is 6.92 Å². The number of anilines is 1. The topological polar surface area (TPSA) is 100.0 Å². The standard InChI is InChI=1S/C24H19ClN2O5/c1-13-3-5-18(28)17(11-13)27-21(14-7-9-26-10-8-14)20(23(30)24(27)31)22(29)15-4-6-19(32-2)16(25)12-15/h3-12,21,28-29H,1-2H3/b22-20-. The normalized spacial score (nSPS) is 17.6. The molecule has 4 rings (SSSR count). The Morgan fingerprint density at radius 3 is 2.47 bits per heavy atom. The highest BCUT2D eigenvalue weighted by molar-refractivity contribution is 6.52. The van der Waals surface area contributed by atoms with E-state index in [1.165, 1.54) is 36.5 Å². The molecule has 1 unspecified atom stereocenters. The summed E-state index contributed by atoms with van der Waals surface area (Å²) < 4.78 is 5.14. The number of methoxy groups -OCH3 is 1. The first-order valence-electron chi connectivity index (χ1n) is 9.68. The maximum absolute atomic E-state index is 13.1. The third-order valence-electron chi connectivity index (χ3n) is 5.28. The van der Waals surface area contributed by atoms with Crippen molar-refractivity contribution in [3.05, 3.63) is 88.2 Å². The minimum absolute atomic E-state index is 0.122. The SMILES string of the molecule is COc1ccc(/C(O)=C2/C(=O)C(=O)N(c3cc(C)ccc3O)C2c2ccncc2)cc1Cl. The number of carbonyl (C=O) groups excluding carboxylic acids is 2. The predicted molar refractivity (Wildman–Crippen MR) is 120 cm³/mol. The van der Waals surface area contributed by atoms with E-state index in [0.717, 1.165) is 5.56 Å². The van der Waals surface area contributed by atoms with E-state index in [1.807, 2.05) is 0 Å².